The number of carbonyl (C=O) groups excluding carboxylic acids is 1. The van der Waals surface area contributed by atoms with Crippen molar-refractivity contribution in [3.8, 4) is 0 Å². The van der Waals surface area contributed by atoms with Gasteiger partial charge in [0, 0.05) is 18.7 Å². The number of amides is 1. The summed E-state index contributed by atoms with van der Waals surface area (Å²) >= 11 is 0. The first-order chi connectivity index (χ1) is 11.0. The number of carboxylic acids is 1. The van der Waals surface area contributed by atoms with Gasteiger partial charge in [-0.2, -0.15) is 0 Å². The number of fused-ring (bicyclic) bond motifs is 1. The first kappa shape index (κ1) is 14.7. The second kappa shape index (κ2) is 5.53. The summed E-state index contributed by atoms with van der Waals surface area (Å²) in [6.07, 6.45) is 0. The lowest BCUT2D eigenvalue weighted by Gasteiger charge is -2.05. The zero-order chi connectivity index (χ0) is 16.6. The van der Waals surface area contributed by atoms with Crippen molar-refractivity contribution >= 4 is 28.9 Å². The zero-order valence-corrected chi connectivity index (χ0v) is 12.1. The predicted octanol–water partition coefficient (Wildman–Crippen LogP) is 2.66. The average Bonchev–Trinajstić information content (AvgIpc) is 2.82. The van der Waals surface area contributed by atoms with E-state index in [9.17, 15) is 14.0 Å². The molecule has 0 aliphatic carbocycles. The van der Waals surface area contributed by atoms with Crippen LogP contribution >= 0.6 is 0 Å². The Labute approximate surface area is 130 Å². The summed E-state index contributed by atoms with van der Waals surface area (Å²) < 4.78 is 14.9. The Morgan fingerprint density at radius 3 is 2.43 bits per heavy atom. The number of hydrogen-bond donors (Lipinski definition) is 2. The monoisotopic (exact) mass is 313 g/mol. The highest BCUT2D eigenvalue weighted by atomic mass is 19.1. The molecule has 23 heavy (non-hydrogen) atoms. The molecule has 2 N–H and O–H groups in total. The third kappa shape index (κ3) is 2.76. The first-order valence-corrected chi connectivity index (χ1v) is 6.72. The molecular formula is C16H12FN3O3. The SMILES string of the molecule is Cn1c(NC(=O)c2ccc(C(=O)O)cc2)nc2cc(F)ccc21. The van der Waals surface area contributed by atoms with Gasteiger partial charge in [0.2, 0.25) is 5.95 Å². The van der Waals surface area contributed by atoms with Gasteiger partial charge < -0.3 is 9.67 Å². The van der Waals surface area contributed by atoms with E-state index in [1.54, 1.807) is 17.7 Å². The van der Waals surface area contributed by atoms with Crippen LogP contribution in [0.25, 0.3) is 11.0 Å². The summed E-state index contributed by atoms with van der Waals surface area (Å²) in [7, 11) is 1.70. The molecule has 3 rings (SSSR count). The number of nitrogens with zero attached hydrogens (tertiary/aromatic N) is 2. The number of benzene rings is 2. The number of rotatable bonds is 3. The van der Waals surface area contributed by atoms with Crippen LogP contribution in [-0.4, -0.2) is 26.5 Å². The number of aromatic nitrogens is 2. The molecule has 1 heterocycles. The molecule has 116 valence electrons. The number of aryl methyl sites for hydroxylation is 1. The molecule has 0 saturated heterocycles. The van der Waals surface area contributed by atoms with Crippen molar-refractivity contribution in [3.63, 3.8) is 0 Å². The van der Waals surface area contributed by atoms with E-state index in [1.807, 2.05) is 0 Å². The van der Waals surface area contributed by atoms with E-state index in [0.29, 0.717) is 16.6 Å². The van der Waals surface area contributed by atoms with E-state index >= 15 is 0 Å². The minimum Gasteiger partial charge on any atom is -0.478 e. The Bertz CT molecular complexity index is 916. The molecule has 0 unspecified atom stereocenters. The molecule has 0 bridgehead atoms. The van der Waals surface area contributed by atoms with Crippen LogP contribution in [0, 0.1) is 5.82 Å². The minimum atomic E-state index is -1.06. The lowest BCUT2D eigenvalue weighted by molar-refractivity contribution is 0.0696. The summed E-state index contributed by atoms with van der Waals surface area (Å²) in [5.41, 5.74) is 1.51. The Balaban J connectivity index is 1.87. The van der Waals surface area contributed by atoms with Crippen LogP contribution in [-0.2, 0) is 7.05 Å². The number of carboxylic acid groups (broad SMARTS) is 1. The van der Waals surface area contributed by atoms with Gasteiger partial charge in [-0.25, -0.2) is 14.2 Å². The van der Waals surface area contributed by atoms with Crippen molar-refractivity contribution in [2.45, 2.75) is 0 Å². The maximum atomic E-state index is 13.2. The lowest BCUT2D eigenvalue weighted by atomic mass is 10.1. The molecule has 2 aromatic carbocycles. The highest BCUT2D eigenvalue weighted by Crippen LogP contribution is 2.19. The normalized spacial score (nSPS) is 10.7. The van der Waals surface area contributed by atoms with Crippen molar-refractivity contribution in [2.75, 3.05) is 5.32 Å². The smallest absolute Gasteiger partial charge is 0.335 e. The Kier molecular flexibility index (Phi) is 3.53. The predicted molar refractivity (Wildman–Crippen MR) is 82.0 cm³/mol. The van der Waals surface area contributed by atoms with E-state index in [0.717, 1.165) is 0 Å². The van der Waals surface area contributed by atoms with Gasteiger partial charge in [0.1, 0.15) is 5.82 Å². The number of carbonyl (C=O) groups is 2. The molecule has 0 fully saturated rings. The maximum Gasteiger partial charge on any atom is 0.335 e. The number of anilines is 1. The van der Waals surface area contributed by atoms with Crippen molar-refractivity contribution in [1.82, 2.24) is 9.55 Å². The van der Waals surface area contributed by atoms with Crippen molar-refractivity contribution in [3.05, 3.63) is 59.4 Å². The van der Waals surface area contributed by atoms with Crippen LogP contribution in [0.3, 0.4) is 0 Å². The average molecular weight is 313 g/mol. The third-order valence-electron chi connectivity index (χ3n) is 3.46. The Hall–Kier alpha value is -3.22. The summed E-state index contributed by atoms with van der Waals surface area (Å²) in [6, 6.07) is 9.72. The molecule has 3 aromatic rings. The lowest BCUT2D eigenvalue weighted by Crippen LogP contribution is -2.15. The maximum absolute atomic E-state index is 13.2. The second-order valence-corrected chi connectivity index (χ2v) is 4.96. The molecule has 0 aliphatic heterocycles. The van der Waals surface area contributed by atoms with Gasteiger partial charge in [-0.15, -0.1) is 0 Å². The van der Waals surface area contributed by atoms with Crippen LogP contribution in [0.15, 0.2) is 42.5 Å². The summed E-state index contributed by atoms with van der Waals surface area (Å²) in [5, 5.41) is 11.5. The van der Waals surface area contributed by atoms with Gasteiger partial charge in [-0.1, -0.05) is 0 Å². The molecule has 0 saturated carbocycles. The van der Waals surface area contributed by atoms with Crippen LogP contribution in [0.1, 0.15) is 20.7 Å². The zero-order valence-electron chi connectivity index (χ0n) is 12.1. The van der Waals surface area contributed by atoms with Crippen LogP contribution in [0.5, 0.6) is 0 Å². The largest absolute Gasteiger partial charge is 0.478 e. The molecule has 0 radical (unpaired) electrons. The molecule has 7 heteroatoms. The van der Waals surface area contributed by atoms with Gasteiger partial charge in [-0.3, -0.25) is 10.1 Å². The highest BCUT2D eigenvalue weighted by molar-refractivity contribution is 6.04. The van der Waals surface area contributed by atoms with Crippen LogP contribution in [0.4, 0.5) is 10.3 Å². The molecule has 6 nitrogen and oxygen atoms in total. The third-order valence-corrected chi connectivity index (χ3v) is 3.46. The molecule has 1 aromatic heterocycles. The van der Waals surface area contributed by atoms with E-state index in [2.05, 4.69) is 10.3 Å². The number of imidazole rings is 1. The van der Waals surface area contributed by atoms with Crippen molar-refractivity contribution in [2.24, 2.45) is 7.05 Å². The van der Waals surface area contributed by atoms with Gasteiger partial charge in [0.25, 0.3) is 5.91 Å². The fourth-order valence-electron chi connectivity index (χ4n) is 2.22. The molecular weight excluding hydrogens is 301 g/mol. The van der Waals surface area contributed by atoms with E-state index in [-0.39, 0.29) is 11.5 Å². The minimum absolute atomic E-state index is 0.0970. The number of nitrogens with one attached hydrogen (secondary N) is 1. The van der Waals surface area contributed by atoms with E-state index in [4.69, 9.17) is 5.11 Å². The topological polar surface area (TPSA) is 84.2 Å². The van der Waals surface area contributed by atoms with Gasteiger partial charge >= 0.3 is 5.97 Å². The van der Waals surface area contributed by atoms with Gasteiger partial charge in [0.05, 0.1) is 16.6 Å². The molecule has 0 spiro atoms. The second-order valence-electron chi connectivity index (χ2n) is 4.96. The Morgan fingerprint density at radius 1 is 1.13 bits per heavy atom. The summed E-state index contributed by atoms with van der Waals surface area (Å²) in [4.78, 5) is 27.2. The number of hydrogen-bond acceptors (Lipinski definition) is 3. The quantitative estimate of drug-likeness (QED) is 0.778. The first-order valence-electron chi connectivity index (χ1n) is 6.72. The number of aromatic carboxylic acids is 1. The fourth-order valence-corrected chi connectivity index (χ4v) is 2.22. The van der Waals surface area contributed by atoms with E-state index in [1.165, 1.54) is 36.4 Å². The van der Waals surface area contributed by atoms with Gasteiger partial charge in [-0.05, 0) is 36.4 Å². The fraction of sp³-hybridized carbons (Fsp3) is 0.0625. The summed E-state index contributed by atoms with van der Waals surface area (Å²) in [6.45, 7) is 0. The Morgan fingerprint density at radius 2 is 1.78 bits per heavy atom. The van der Waals surface area contributed by atoms with Crippen molar-refractivity contribution < 1.29 is 19.1 Å². The molecule has 0 aliphatic rings. The van der Waals surface area contributed by atoms with Crippen LogP contribution in [0.2, 0.25) is 0 Å². The standard InChI is InChI=1S/C16H12FN3O3/c1-20-13-7-6-11(17)8-12(13)18-16(20)19-14(21)9-2-4-10(5-3-9)15(22)23/h2-8H,1H3,(H,22,23)(H,18,19,21). The molecule has 0 atom stereocenters. The number of halogens is 1. The summed E-state index contributed by atoms with van der Waals surface area (Å²) in [5.74, 6) is -1.62. The van der Waals surface area contributed by atoms with Gasteiger partial charge in [0.15, 0.2) is 0 Å². The van der Waals surface area contributed by atoms with Crippen LogP contribution < -0.4 is 5.32 Å². The molecule has 1 amide bonds. The highest BCUT2D eigenvalue weighted by Gasteiger charge is 2.13. The van der Waals surface area contributed by atoms with E-state index < -0.39 is 17.7 Å². The van der Waals surface area contributed by atoms with Crippen molar-refractivity contribution in [1.29, 1.82) is 0 Å².